The number of β-amino-alcohol motifs (C(OH)–C–C–N with tert-alkyl or cyclic N) is 1. The summed E-state index contributed by atoms with van der Waals surface area (Å²) in [7, 11) is -4.02. The maximum absolute atomic E-state index is 10.5. The average Bonchev–Trinajstić information content (AvgIpc) is 2.63. The fraction of sp³-hybridized carbons (Fsp3) is 0.684. The highest BCUT2D eigenvalue weighted by molar-refractivity contribution is 7.85. The van der Waals surface area contributed by atoms with Gasteiger partial charge in [0.25, 0.3) is 10.1 Å². The van der Waals surface area contributed by atoms with Gasteiger partial charge in [-0.3, -0.25) is 4.55 Å². The van der Waals surface area contributed by atoms with Crippen molar-refractivity contribution >= 4 is 10.1 Å². The van der Waals surface area contributed by atoms with Gasteiger partial charge in [-0.2, -0.15) is 8.42 Å². The van der Waals surface area contributed by atoms with E-state index in [0.717, 1.165) is 44.6 Å². The zero-order chi connectivity index (χ0) is 19.9. The van der Waals surface area contributed by atoms with Crippen molar-refractivity contribution < 1.29 is 22.8 Å². The second-order valence-electron chi connectivity index (χ2n) is 7.58. The van der Waals surface area contributed by atoms with E-state index in [2.05, 4.69) is 4.90 Å². The Morgan fingerprint density at radius 3 is 2.22 bits per heavy atom. The molecule has 0 atom stereocenters. The molecule has 2 fully saturated rings. The van der Waals surface area contributed by atoms with Crippen LogP contribution in [-0.4, -0.2) is 68.0 Å². The number of piperidine rings is 1. The third-order valence-corrected chi connectivity index (χ3v) is 6.17. The summed E-state index contributed by atoms with van der Waals surface area (Å²) in [6.45, 7) is 7.05. The first-order chi connectivity index (χ1) is 12.7. The van der Waals surface area contributed by atoms with Crippen LogP contribution in [0.1, 0.15) is 31.2 Å². The zero-order valence-corrected chi connectivity index (χ0v) is 16.8. The first-order valence-corrected chi connectivity index (χ1v) is 10.9. The Morgan fingerprint density at radius 2 is 1.74 bits per heavy atom. The lowest BCUT2D eigenvalue weighted by molar-refractivity contribution is -0.0828. The van der Waals surface area contributed by atoms with E-state index in [9.17, 15) is 13.5 Å². The molecular weight excluding hydrogens is 368 g/mol. The minimum absolute atomic E-state index is 0.0666. The number of nitrogens with two attached hydrogens (primary N) is 1. The van der Waals surface area contributed by atoms with E-state index in [1.165, 1.54) is 25.0 Å². The monoisotopic (exact) mass is 400 g/mol. The van der Waals surface area contributed by atoms with Gasteiger partial charge in [0.05, 0.1) is 10.5 Å². The molecule has 0 aliphatic carbocycles. The Morgan fingerprint density at radius 1 is 1.19 bits per heavy atom. The Kier molecular flexibility index (Phi) is 8.20. The van der Waals surface area contributed by atoms with Gasteiger partial charge in [-0.15, -0.1) is 0 Å². The fourth-order valence-electron chi connectivity index (χ4n) is 3.42. The van der Waals surface area contributed by atoms with Gasteiger partial charge in [-0.05, 0) is 57.5 Å². The van der Waals surface area contributed by atoms with Gasteiger partial charge in [0, 0.05) is 32.6 Å². The van der Waals surface area contributed by atoms with Gasteiger partial charge in [0.15, 0.2) is 0 Å². The smallest absolute Gasteiger partial charge is 0.294 e. The molecule has 0 spiro atoms. The van der Waals surface area contributed by atoms with E-state index in [1.807, 2.05) is 6.92 Å². The quantitative estimate of drug-likeness (QED) is 0.656. The third kappa shape index (κ3) is 7.48. The summed E-state index contributed by atoms with van der Waals surface area (Å²) in [4.78, 5) is 2.32. The predicted molar refractivity (Wildman–Crippen MR) is 104 cm³/mol. The first-order valence-electron chi connectivity index (χ1n) is 9.48. The van der Waals surface area contributed by atoms with Crippen molar-refractivity contribution in [2.75, 3.05) is 39.4 Å². The summed E-state index contributed by atoms with van der Waals surface area (Å²) >= 11 is 0. The second kappa shape index (κ2) is 9.95. The van der Waals surface area contributed by atoms with Crippen molar-refractivity contribution in [3.63, 3.8) is 0 Å². The SMILES string of the molecule is Cc1ccc(S(=O)(=O)O)cc1.NCC1CCN(CC2(O)CCOCC2)CC1. The van der Waals surface area contributed by atoms with Crippen molar-refractivity contribution in [2.45, 2.75) is 43.1 Å². The molecule has 1 aromatic carbocycles. The lowest BCUT2D eigenvalue weighted by Crippen LogP contribution is -2.49. The molecule has 27 heavy (non-hydrogen) atoms. The summed E-state index contributed by atoms with van der Waals surface area (Å²) in [5.74, 6) is 0.695. The predicted octanol–water partition coefficient (Wildman–Crippen LogP) is 1.44. The number of likely N-dealkylation sites (tertiary alicyclic amines) is 1. The van der Waals surface area contributed by atoms with Gasteiger partial charge in [-0.1, -0.05) is 17.7 Å². The molecule has 0 bridgehead atoms. The number of aryl methyl sites for hydroxylation is 1. The molecule has 2 heterocycles. The molecule has 3 rings (SSSR count). The summed E-state index contributed by atoms with van der Waals surface area (Å²) in [5.41, 5.74) is 6.12. The van der Waals surface area contributed by atoms with Crippen molar-refractivity contribution in [3.8, 4) is 0 Å². The Hall–Kier alpha value is -1.03. The van der Waals surface area contributed by atoms with E-state index in [4.69, 9.17) is 15.0 Å². The van der Waals surface area contributed by atoms with E-state index >= 15 is 0 Å². The van der Waals surface area contributed by atoms with Crippen LogP contribution in [0.3, 0.4) is 0 Å². The summed E-state index contributed by atoms with van der Waals surface area (Å²) in [6, 6.07) is 5.99. The van der Waals surface area contributed by atoms with Crippen molar-refractivity contribution in [1.29, 1.82) is 0 Å². The molecule has 1 aromatic rings. The van der Waals surface area contributed by atoms with Gasteiger partial charge in [0.2, 0.25) is 0 Å². The molecule has 2 aliphatic heterocycles. The van der Waals surface area contributed by atoms with E-state index in [-0.39, 0.29) is 4.90 Å². The normalized spacial score (nSPS) is 21.3. The Balaban J connectivity index is 0.000000208. The van der Waals surface area contributed by atoms with E-state index in [1.54, 1.807) is 12.1 Å². The number of hydrogen-bond acceptors (Lipinski definition) is 6. The third-order valence-electron chi connectivity index (χ3n) is 5.30. The minimum Gasteiger partial charge on any atom is -0.388 e. The molecule has 0 amide bonds. The van der Waals surface area contributed by atoms with Crippen LogP contribution in [0.4, 0.5) is 0 Å². The molecule has 0 aromatic heterocycles. The van der Waals surface area contributed by atoms with Crippen LogP contribution in [0.2, 0.25) is 0 Å². The Bertz CT molecular complexity index is 664. The molecule has 0 radical (unpaired) electrons. The maximum Gasteiger partial charge on any atom is 0.294 e. The van der Waals surface area contributed by atoms with Gasteiger partial charge < -0.3 is 20.5 Å². The topological polar surface area (TPSA) is 113 Å². The molecule has 0 saturated carbocycles. The highest BCUT2D eigenvalue weighted by Crippen LogP contribution is 2.24. The van der Waals surface area contributed by atoms with Crippen LogP contribution in [0, 0.1) is 12.8 Å². The molecular formula is C19H32N2O5S. The molecule has 4 N–H and O–H groups in total. The number of benzene rings is 1. The Labute approximate surface area is 162 Å². The molecule has 8 heteroatoms. The van der Waals surface area contributed by atoms with Crippen LogP contribution >= 0.6 is 0 Å². The van der Waals surface area contributed by atoms with Crippen LogP contribution in [0.5, 0.6) is 0 Å². The van der Waals surface area contributed by atoms with Crippen LogP contribution in [0.15, 0.2) is 29.2 Å². The molecule has 7 nitrogen and oxygen atoms in total. The van der Waals surface area contributed by atoms with Crippen LogP contribution in [-0.2, 0) is 14.9 Å². The fourth-order valence-corrected chi connectivity index (χ4v) is 3.90. The van der Waals surface area contributed by atoms with Gasteiger partial charge >= 0.3 is 0 Å². The largest absolute Gasteiger partial charge is 0.388 e. The summed E-state index contributed by atoms with van der Waals surface area (Å²) in [6.07, 6.45) is 3.93. The number of rotatable bonds is 4. The van der Waals surface area contributed by atoms with Gasteiger partial charge in [0.1, 0.15) is 0 Å². The van der Waals surface area contributed by atoms with Crippen LogP contribution in [0.25, 0.3) is 0 Å². The molecule has 154 valence electrons. The van der Waals surface area contributed by atoms with Gasteiger partial charge in [-0.25, -0.2) is 0 Å². The molecule has 2 aliphatic rings. The second-order valence-corrected chi connectivity index (χ2v) is 9.00. The lowest BCUT2D eigenvalue weighted by atomic mass is 9.91. The van der Waals surface area contributed by atoms with Crippen molar-refractivity contribution in [3.05, 3.63) is 29.8 Å². The number of hydrogen-bond donors (Lipinski definition) is 3. The standard InChI is InChI=1S/C12H24N2O2.C7H8O3S/c13-9-11-1-5-14(6-2-11)10-12(15)3-7-16-8-4-12;1-6-2-4-7(5-3-6)11(8,9)10/h11,15H,1-10,13H2;2-5H,1H3,(H,8,9,10). The highest BCUT2D eigenvalue weighted by atomic mass is 32.2. The maximum atomic E-state index is 10.5. The van der Waals surface area contributed by atoms with E-state index < -0.39 is 15.7 Å². The van der Waals surface area contributed by atoms with E-state index in [0.29, 0.717) is 19.1 Å². The highest BCUT2D eigenvalue weighted by Gasteiger charge is 2.33. The number of nitrogens with zero attached hydrogens (tertiary/aromatic N) is 1. The number of aliphatic hydroxyl groups is 1. The van der Waals surface area contributed by atoms with Crippen molar-refractivity contribution in [2.24, 2.45) is 11.7 Å². The van der Waals surface area contributed by atoms with Crippen LogP contribution < -0.4 is 5.73 Å². The van der Waals surface area contributed by atoms with Crippen molar-refractivity contribution in [1.82, 2.24) is 4.90 Å². The summed E-state index contributed by atoms with van der Waals surface area (Å²) < 4.78 is 34.8. The molecule has 0 unspecified atom stereocenters. The zero-order valence-electron chi connectivity index (χ0n) is 16.0. The first kappa shape index (κ1) is 22.3. The summed E-state index contributed by atoms with van der Waals surface area (Å²) in [5, 5.41) is 10.4. The average molecular weight is 401 g/mol. The number of ether oxygens (including phenoxy) is 1. The minimum atomic E-state index is -4.02. The lowest BCUT2D eigenvalue weighted by Gasteiger charge is -2.39. The molecule has 2 saturated heterocycles.